The molecular formula is C19H25ClF2N6O2. The van der Waals surface area contributed by atoms with Gasteiger partial charge < -0.3 is 10.6 Å². The summed E-state index contributed by atoms with van der Waals surface area (Å²) < 4.78 is 29.1. The molecule has 1 saturated carbocycles. The molecule has 1 fully saturated rings. The van der Waals surface area contributed by atoms with Gasteiger partial charge in [0, 0.05) is 25.2 Å². The molecule has 2 aromatic heterocycles. The van der Waals surface area contributed by atoms with Crippen LogP contribution >= 0.6 is 11.6 Å². The van der Waals surface area contributed by atoms with E-state index in [1.165, 1.54) is 9.36 Å². The summed E-state index contributed by atoms with van der Waals surface area (Å²) in [5, 5.41) is 13.4. The Hall–Kier alpha value is -2.49. The average Bonchev–Trinajstić information content (AvgIpc) is 3.34. The van der Waals surface area contributed by atoms with Gasteiger partial charge in [-0.2, -0.15) is 10.2 Å². The first-order valence-electron chi connectivity index (χ1n) is 9.90. The quantitative estimate of drug-likeness (QED) is 0.620. The topological polar surface area (TPSA) is 93.8 Å². The van der Waals surface area contributed by atoms with Gasteiger partial charge in [-0.15, -0.1) is 0 Å². The lowest BCUT2D eigenvalue weighted by molar-refractivity contribution is -0.117. The minimum absolute atomic E-state index is 0.0329. The van der Waals surface area contributed by atoms with Gasteiger partial charge in [-0.05, 0) is 25.7 Å². The molecule has 8 nitrogen and oxygen atoms in total. The SMILES string of the molecule is CCn1cc(NC(=O)Cn2nc(C(F)F)c(Cl)c2C2CC2)c(C(=O)NCC(C)C)n1. The van der Waals surface area contributed by atoms with Crippen LogP contribution in [0.25, 0.3) is 0 Å². The van der Waals surface area contributed by atoms with Crippen LogP contribution in [0.3, 0.4) is 0 Å². The smallest absolute Gasteiger partial charge is 0.283 e. The summed E-state index contributed by atoms with van der Waals surface area (Å²) in [6.45, 7) is 6.48. The molecule has 0 atom stereocenters. The molecule has 0 spiro atoms. The molecule has 2 aromatic rings. The number of carbonyl (C=O) groups is 2. The highest BCUT2D eigenvalue weighted by Crippen LogP contribution is 2.45. The van der Waals surface area contributed by atoms with Crippen molar-refractivity contribution in [2.45, 2.75) is 59.0 Å². The highest BCUT2D eigenvalue weighted by Gasteiger charge is 2.34. The zero-order valence-electron chi connectivity index (χ0n) is 17.1. The maximum absolute atomic E-state index is 13.2. The van der Waals surface area contributed by atoms with Crippen molar-refractivity contribution in [3.63, 3.8) is 0 Å². The molecule has 3 rings (SSSR count). The fourth-order valence-corrected chi connectivity index (χ4v) is 3.40. The molecule has 0 unspecified atom stereocenters. The van der Waals surface area contributed by atoms with Crippen molar-refractivity contribution in [3.8, 4) is 0 Å². The Kier molecular flexibility index (Phi) is 6.74. The molecule has 0 aromatic carbocycles. The van der Waals surface area contributed by atoms with Crippen molar-refractivity contribution >= 4 is 29.1 Å². The monoisotopic (exact) mass is 442 g/mol. The lowest BCUT2D eigenvalue weighted by Gasteiger charge is -2.09. The molecule has 0 bridgehead atoms. The molecule has 164 valence electrons. The number of rotatable bonds is 9. The number of hydrogen-bond acceptors (Lipinski definition) is 4. The second kappa shape index (κ2) is 9.11. The van der Waals surface area contributed by atoms with Crippen LogP contribution in [0.15, 0.2) is 6.20 Å². The molecule has 0 aliphatic heterocycles. The fraction of sp³-hybridized carbons (Fsp3) is 0.579. The molecule has 30 heavy (non-hydrogen) atoms. The minimum atomic E-state index is -2.82. The van der Waals surface area contributed by atoms with E-state index in [1.54, 1.807) is 6.20 Å². The predicted octanol–water partition coefficient (Wildman–Crippen LogP) is 3.59. The maximum Gasteiger partial charge on any atom is 0.283 e. The number of nitrogens with one attached hydrogen (secondary N) is 2. The Balaban J connectivity index is 1.78. The first-order valence-corrected chi connectivity index (χ1v) is 10.3. The van der Waals surface area contributed by atoms with Crippen molar-refractivity contribution in [2.75, 3.05) is 11.9 Å². The molecule has 1 aliphatic carbocycles. The van der Waals surface area contributed by atoms with Gasteiger partial charge in [-0.3, -0.25) is 19.0 Å². The Labute approximate surface area is 177 Å². The second-order valence-corrected chi connectivity index (χ2v) is 8.09. The highest BCUT2D eigenvalue weighted by atomic mass is 35.5. The van der Waals surface area contributed by atoms with Crippen LogP contribution in [0.5, 0.6) is 0 Å². The number of alkyl halides is 2. The van der Waals surface area contributed by atoms with Gasteiger partial charge in [0.25, 0.3) is 12.3 Å². The fourth-order valence-electron chi connectivity index (χ4n) is 3.03. The van der Waals surface area contributed by atoms with Crippen molar-refractivity contribution in [2.24, 2.45) is 5.92 Å². The number of halogens is 3. The van der Waals surface area contributed by atoms with Crippen molar-refractivity contribution in [1.82, 2.24) is 24.9 Å². The van der Waals surface area contributed by atoms with Gasteiger partial charge in [-0.1, -0.05) is 25.4 Å². The van der Waals surface area contributed by atoms with Crippen LogP contribution in [0.2, 0.25) is 5.02 Å². The van der Waals surface area contributed by atoms with E-state index in [0.29, 0.717) is 18.8 Å². The van der Waals surface area contributed by atoms with Gasteiger partial charge in [0.15, 0.2) is 5.69 Å². The Morgan fingerprint density at radius 3 is 2.57 bits per heavy atom. The Morgan fingerprint density at radius 2 is 2.00 bits per heavy atom. The Morgan fingerprint density at radius 1 is 1.30 bits per heavy atom. The molecule has 2 amide bonds. The summed E-state index contributed by atoms with van der Waals surface area (Å²) in [5.41, 5.74) is 0.295. The molecule has 2 N–H and O–H groups in total. The standard InChI is InChI=1S/C19H25ClF2N6O2/c1-4-27-8-12(15(25-27)19(30)23-7-10(2)3)24-13(29)9-28-17(11-5-6-11)14(20)16(26-28)18(21)22/h8,10-11,18H,4-7,9H2,1-3H3,(H,23,30)(H,24,29). The van der Waals surface area contributed by atoms with E-state index in [-0.39, 0.29) is 34.8 Å². The molecule has 0 saturated heterocycles. The van der Waals surface area contributed by atoms with Crippen molar-refractivity contribution in [1.29, 1.82) is 0 Å². The van der Waals surface area contributed by atoms with Gasteiger partial charge >= 0.3 is 0 Å². The van der Waals surface area contributed by atoms with Crippen molar-refractivity contribution < 1.29 is 18.4 Å². The van der Waals surface area contributed by atoms with Crippen molar-refractivity contribution in [3.05, 3.63) is 28.3 Å². The number of anilines is 1. The molecule has 11 heteroatoms. The number of aryl methyl sites for hydroxylation is 1. The van der Waals surface area contributed by atoms with Gasteiger partial charge in [-0.25, -0.2) is 8.78 Å². The van der Waals surface area contributed by atoms with E-state index >= 15 is 0 Å². The molecule has 1 aliphatic rings. The lowest BCUT2D eigenvalue weighted by atomic mass is 10.2. The summed E-state index contributed by atoms with van der Waals surface area (Å²) in [6.07, 6.45) is 0.376. The summed E-state index contributed by atoms with van der Waals surface area (Å²) in [5.74, 6) is -0.613. The molecule has 0 radical (unpaired) electrons. The number of amides is 2. The summed E-state index contributed by atoms with van der Waals surface area (Å²) in [6, 6.07) is 0. The van der Waals surface area contributed by atoms with Crippen LogP contribution < -0.4 is 10.6 Å². The van der Waals surface area contributed by atoms with E-state index < -0.39 is 23.9 Å². The van der Waals surface area contributed by atoms with Crippen LogP contribution in [-0.2, 0) is 17.9 Å². The van der Waals surface area contributed by atoms with Crippen LogP contribution in [0.4, 0.5) is 14.5 Å². The number of carbonyl (C=O) groups excluding carboxylic acids is 2. The minimum Gasteiger partial charge on any atom is -0.350 e. The van der Waals surface area contributed by atoms with Gasteiger partial charge in [0.05, 0.1) is 16.4 Å². The van der Waals surface area contributed by atoms with E-state index in [9.17, 15) is 18.4 Å². The highest BCUT2D eigenvalue weighted by molar-refractivity contribution is 6.32. The number of aromatic nitrogens is 4. The third-order valence-corrected chi connectivity index (χ3v) is 5.05. The number of nitrogens with zero attached hydrogens (tertiary/aromatic N) is 4. The third kappa shape index (κ3) is 4.97. The number of hydrogen-bond donors (Lipinski definition) is 2. The van der Waals surface area contributed by atoms with E-state index in [1.807, 2.05) is 20.8 Å². The maximum atomic E-state index is 13.2. The largest absolute Gasteiger partial charge is 0.350 e. The van der Waals surface area contributed by atoms with Crippen LogP contribution in [-0.4, -0.2) is 37.9 Å². The predicted molar refractivity (Wildman–Crippen MR) is 108 cm³/mol. The molecular weight excluding hydrogens is 418 g/mol. The van der Waals surface area contributed by atoms with Crippen LogP contribution in [0.1, 0.15) is 67.8 Å². The summed E-state index contributed by atoms with van der Waals surface area (Å²) >= 11 is 6.09. The summed E-state index contributed by atoms with van der Waals surface area (Å²) in [4.78, 5) is 25.1. The lowest BCUT2D eigenvalue weighted by Crippen LogP contribution is -2.29. The zero-order valence-corrected chi connectivity index (χ0v) is 17.8. The second-order valence-electron chi connectivity index (χ2n) is 7.72. The van der Waals surface area contributed by atoms with E-state index in [4.69, 9.17) is 11.6 Å². The average molecular weight is 443 g/mol. The normalized spacial score (nSPS) is 13.9. The van der Waals surface area contributed by atoms with Gasteiger partial charge in [0.2, 0.25) is 5.91 Å². The zero-order chi connectivity index (χ0) is 22.0. The third-order valence-electron chi connectivity index (χ3n) is 4.67. The summed E-state index contributed by atoms with van der Waals surface area (Å²) in [7, 11) is 0. The molecule has 2 heterocycles. The Bertz CT molecular complexity index is 936. The van der Waals surface area contributed by atoms with Crippen LogP contribution in [0, 0.1) is 5.92 Å². The van der Waals surface area contributed by atoms with E-state index in [2.05, 4.69) is 20.8 Å². The first-order chi connectivity index (χ1) is 14.2. The first kappa shape index (κ1) is 22.2. The van der Waals surface area contributed by atoms with Gasteiger partial charge in [0.1, 0.15) is 12.2 Å². The van der Waals surface area contributed by atoms with E-state index in [0.717, 1.165) is 12.8 Å².